The van der Waals surface area contributed by atoms with Crippen molar-refractivity contribution in [2.45, 2.75) is 6.42 Å². The molecule has 1 aromatic heterocycles. The van der Waals surface area contributed by atoms with Crippen molar-refractivity contribution in [2.75, 3.05) is 0 Å². The quantitative estimate of drug-likeness (QED) is 0.500. The van der Waals surface area contributed by atoms with Crippen LogP contribution in [0.1, 0.15) is 11.1 Å². The molecule has 1 heterocycles. The highest BCUT2D eigenvalue weighted by Crippen LogP contribution is 2.09. The van der Waals surface area contributed by atoms with Crippen LogP contribution in [0.25, 0.3) is 0 Å². The molecule has 4 heteroatoms. The number of halogens is 1. The number of pyridine rings is 1. The lowest BCUT2D eigenvalue weighted by Crippen LogP contribution is -2.05. The Hall–Kier alpha value is -2.23. The molecule has 17 heavy (non-hydrogen) atoms. The van der Waals surface area contributed by atoms with Gasteiger partial charge in [-0.25, -0.2) is 4.39 Å². The van der Waals surface area contributed by atoms with Gasteiger partial charge in [0.2, 0.25) is 0 Å². The summed E-state index contributed by atoms with van der Waals surface area (Å²) in [6.45, 7) is 0. The number of aromatic nitrogens is 1. The topological polar surface area (TPSA) is 45.5 Å². The van der Waals surface area contributed by atoms with E-state index in [4.69, 9.17) is 5.21 Å². The zero-order valence-electron chi connectivity index (χ0n) is 9.05. The van der Waals surface area contributed by atoms with Crippen molar-refractivity contribution in [3.05, 3.63) is 65.7 Å². The van der Waals surface area contributed by atoms with E-state index in [1.807, 2.05) is 0 Å². The van der Waals surface area contributed by atoms with E-state index in [1.54, 1.807) is 36.7 Å². The molecule has 1 aromatic carbocycles. The van der Waals surface area contributed by atoms with Crippen molar-refractivity contribution in [1.82, 2.24) is 4.98 Å². The fraction of sp³-hybridized carbons (Fsp3) is 0.0769. The molecule has 2 rings (SSSR count). The van der Waals surface area contributed by atoms with Gasteiger partial charge in [0.15, 0.2) is 0 Å². The van der Waals surface area contributed by atoms with Crippen LogP contribution in [0, 0.1) is 5.82 Å². The smallest absolute Gasteiger partial charge is 0.123 e. The van der Waals surface area contributed by atoms with E-state index in [1.165, 1.54) is 12.1 Å². The summed E-state index contributed by atoms with van der Waals surface area (Å²) < 4.78 is 13.0. The largest absolute Gasteiger partial charge is 0.411 e. The molecule has 0 unspecified atom stereocenters. The lowest BCUT2D eigenvalue weighted by Gasteiger charge is -2.04. The predicted octanol–water partition coefficient (Wildman–Crippen LogP) is 2.64. The van der Waals surface area contributed by atoms with E-state index in [-0.39, 0.29) is 5.82 Å². The molecule has 0 aliphatic carbocycles. The fourth-order valence-corrected chi connectivity index (χ4v) is 1.58. The summed E-state index contributed by atoms with van der Waals surface area (Å²) in [5, 5.41) is 12.2. The van der Waals surface area contributed by atoms with Gasteiger partial charge in [0.1, 0.15) is 5.82 Å². The van der Waals surface area contributed by atoms with Gasteiger partial charge in [-0.2, -0.15) is 0 Å². The first-order chi connectivity index (χ1) is 8.29. The number of hydrogen-bond acceptors (Lipinski definition) is 3. The molecule has 0 amide bonds. The zero-order valence-corrected chi connectivity index (χ0v) is 9.05. The van der Waals surface area contributed by atoms with Crippen molar-refractivity contribution < 1.29 is 9.60 Å². The highest BCUT2D eigenvalue weighted by atomic mass is 19.1. The molecule has 0 aliphatic rings. The van der Waals surface area contributed by atoms with Gasteiger partial charge >= 0.3 is 0 Å². The van der Waals surface area contributed by atoms with Crippen LogP contribution in [0.3, 0.4) is 0 Å². The van der Waals surface area contributed by atoms with Gasteiger partial charge in [0.05, 0.1) is 5.71 Å². The fourth-order valence-electron chi connectivity index (χ4n) is 1.58. The Balaban J connectivity index is 2.23. The molecule has 0 radical (unpaired) electrons. The summed E-state index contributed by atoms with van der Waals surface area (Å²) in [5.41, 5.74) is 2.01. The second kappa shape index (κ2) is 5.21. The van der Waals surface area contributed by atoms with Gasteiger partial charge in [-0.05, 0) is 29.8 Å². The minimum absolute atomic E-state index is 0.297. The van der Waals surface area contributed by atoms with Gasteiger partial charge in [0, 0.05) is 24.4 Å². The molecule has 1 N–H and O–H groups in total. The van der Waals surface area contributed by atoms with Crippen molar-refractivity contribution in [3.8, 4) is 0 Å². The summed E-state index contributed by atoms with van der Waals surface area (Å²) >= 11 is 0. The second-order valence-corrected chi connectivity index (χ2v) is 3.59. The molecule has 86 valence electrons. The van der Waals surface area contributed by atoms with E-state index in [0.29, 0.717) is 12.1 Å². The van der Waals surface area contributed by atoms with Crippen molar-refractivity contribution in [3.63, 3.8) is 0 Å². The van der Waals surface area contributed by atoms with Crippen LogP contribution in [0.15, 0.2) is 53.9 Å². The standard InChI is InChI=1S/C13H11FN2O/c14-12-3-1-2-10(8-12)9-13(16-17)11-4-6-15-7-5-11/h1-8,17H,9H2/b16-13-. The number of oxime groups is 1. The first-order valence-electron chi connectivity index (χ1n) is 5.15. The summed E-state index contributed by atoms with van der Waals surface area (Å²) in [6, 6.07) is 9.71. The Morgan fingerprint density at radius 1 is 1.24 bits per heavy atom. The first-order valence-corrected chi connectivity index (χ1v) is 5.15. The van der Waals surface area contributed by atoms with Crippen LogP contribution in [0.4, 0.5) is 4.39 Å². The first kappa shape index (κ1) is 11.3. The molecule has 0 fully saturated rings. The highest BCUT2D eigenvalue weighted by molar-refractivity contribution is 6.01. The van der Waals surface area contributed by atoms with E-state index in [0.717, 1.165) is 11.1 Å². The Labute approximate surface area is 98.2 Å². The number of benzene rings is 1. The van der Waals surface area contributed by atoms with Crippen LogP contribution in [0.5, 0.6) is 0 Å². The molecule has 0 bridgehead atoms. The van der Waals surface area contributed by atoms with E-state index < -0.39 is 0 Å². The van der Waals surface area contributed by atoms with Gasteiger partial charge in [-0.15, -0.1) is 0 Å². The van der Waals surface area contributed by atoms with Crippen molar-refractivity contribution in [1.29, 1.82) is 0 Å². The van der Waals surface area contributed by atoms with Crippen LogP contribution >= 0.6 is 0 Å². The molecule has 0 spiro atoms. The zero-order chi connectivity index (χ0) is 12.1. The van der Waals surface area contributed by atoms with Crippen LogP contribution < -0.4 is 0 Å². The monoisotopic (exact) mass is 230 g/mol. The average Bonchev–Trinajstić information content (AvgIpc) is 2.37. The third-order valence-corrected chi connectivity index (χ3v) is 2.39. The van der Waals surface area contributed by atoms with E-state index in [2.05, 4.69) is 10.1 Å². The maximum Gasteiger partial charge on any atom is 0.123 e. The lowest BCUT2D eigenvalue weighted by molar-refractivity contribution is 0.318. The minimum atomic E-state index is -0.297. The second-order valence-electron chi connectivity index (χ2n) is 3.59. The molecule has 0 aliphatic heterocycles. The third kappa shape index (κ3) is 2.87. The van der Waals surface area contributed by atoms with Gasteiger partial charge < -0.3 is 5.21 Å². The molecular weight excluding hydrogens is 219 g/mol. The summed E-state index contributed by atoms with van der Waals surface area (Å²) in [6.07, 6.45) is 3.61. The normalized spacial score (nSPS) is 11.5. The van der Waals surface area contributed by atoms with Crippen molar-refractivity contribution in [2.24, 2.45) is 5.16 Å². The Morgan fingerprint density at radius 2 is 2.00 bits per heavy atom. The molecule has 0 saturated carbocycles. The average molecular weight is 230 g/mol. The molecule has 3 nitrogen and oxygen atoms in total. The lowest BCUT2D eigenvalue weighted by atomic mass is 10.0. The van der Waals surface area contributed by atoms with Crippen LogP contribution in [-0.4, -0.2) is 15.9 Å². The number of hydrogen-bond donors (Lipinski definition) is 1. The van der Waals surface area contributed by atoms with Gasteiger partial charge in [-0.3, -0.25) is 4.98 Å². The van der Waals surface area contributed by atoms with Crippen LogP contribution in [0.2, 0.25) is 0 Å². The number of nitrogens with zero attached hydrogens (tertiary/aromatic N) is 2. The van der Waals surface area contributed by atoms with E-state index >= 15 is 0 Å². The molecule has 0 atom stereocenters. The van der Waals surface area contributed by atoms with E-state index in [9.17, 15) is 4.39 Å². The molecule has 0 saturated heterocycles. The summed E-state index contributed by atoms with van der Waals surface area (Å²) in [5.74, 6) is -0.297. The maximum atomic E-state index is 13.0. The van der Waals surface area contributed by atoms with Crippen LogP contribution in [-0.2, 0) is 6.42 Å². The highest BCUT2D eigenvalue weighted by Gasteiger charge is 2.06. The Morgan fingerprint density at radius 3 is 2.65 bits per heavy atom. The summed E-state index contributed by atoms with van der Waals surface area (Å²) in [4.78, 5) is 3.89. The number of rotatable bonds is 3. The maximum absolute atomic E-state index is 13.0. The molecule has 2 aromatic rings. The third-order valence-electron chi connectivity index (χ3n) is 2.39. The van der Waals surface area contributed by atoms with Crippen molar-refractivity contribution >= 4 is 5.71 Å². The summed E-state index contributed by atoms with van der Waals surface area (Å²) in [7, 11) is 0. The SMILES string of the molecule is O/N=C(/Cc1cccc(F)c1)c1ccncc1. The Kier molecular flexibility index (Phi) is 3.45. The molecular formula is C13H11FN2O. The Bertz CT molecular complexity index is 526. The van der Waals surface area contributed by atoms with Gasteiger partial charge in [0.25, 0.3) is 0 Å². The predicted molar refractivity (Wildman–Crippen MR) is 62.7 cm³/mol. The minimum Gasteiger partial charge on any atom is -0.411 e. The van der Waals surface area contributed by atoms with Gasteiger partial charge in [-0.1, -0.05) is 17.3 Å².